The van der Waals surface area contributed by atoms with E-state index in [4.69, 9.17) is 20.6 Å². The quantitative estimate of drug-likeness (QED) is 0.285. The van der Waals surface area contributed by atoms with Crippen LogP contribution in [0.25, 0.3) is 10.4 Å². The predicted molar refractivity (Wildman–Crippen MR) is 111 cm³/mol. The highest BCUT2D eigenvalue weighted by Crippen LogP contribution is 2.39. The van der Waals surface area contributed by atoms with E-state index in [9.17, 15) is 14.7 Å². The fraction of sp³-hybridized carbons (Fsp3) is 0.882. The molecule has 2 aliphatic rings. The largest absolute Gasteiger partial charge is 0.481 e. The molecule has 3 atom stereocenters. The standard InChI is InChI=1S/C17H30BN5O5.ClH/c1-11(19)13(24)23-9-12(8-17(10-23,14(25)26)21-22-20)6-7-18-27-15(2,3)16(4,5)28-18;/h11-12H,6-10,19H2,1-5H3,(H,25,26);1H/t11-,12-,17-;/m0./s1. The van der Waals surface area contributed by atoms with Crippen molar-refractivity contribution in [3.05, 3.63) is 10.4 Å². The molecule has 0 radical (unpaired) electrons. The fourth-order valence-corrected chi connectivity index (χ4v) is 3.76. The summed E-state index contributed by atoms with van der Waals surface area (Å²) in [6, 6.07) is -0.764. The molecule has 12 heteroatoms. The van der Waals surface area contributed by atoms with E-state index in [1.807, 2.05) is 27.7 Å². The predicted octanol–water partition coefficient (Wildman–Crippen LogP) is 2.22. The number of carbonyl (C=O) groups excluding carboxylic acids is 1. The van der Waals surface area contributed by atoms with Crippen LogP contribution in [0.2, 0.25) is 6.32 Å². The van der Waals surface area contributed by atoms with Crippen molar-refractivity contribution >= 4 is 31.4 Å². The van der Waals surface area contributed by atoms with E-state index in [0.717, 1.165) is 0 Å². The van der Waals surface area contributed by atoms with Crippen molar-refractivity contribution < 1.29 is 24.0 Å². The number of hydrogen-bond donors (Lipinski definition) is 2. The molecular weight excluding hydrogens is 400 g/mol. The van der Waals surface area contributed by atoms with Crippen LogP contribution in [-0.2, 0) is 18.9 Å². The molecule has 0 aromatic heterocycles. The molecular formula is C17H31BClN5O5. The van der Waals surface area contributed by atoms with Crippen LogP contribution < -0.4 is 5.73 Å². The van der Waals surface area contributed by atoms with Gasteiger partial charge in [-0.1, -0.05) is 11.5 Å². The van der Waals surface area contributed by atoms with Crippen molar-refractivity contribution in [3.8, 4) is 0 Å². The zero-order chi connectivity index (χ0) is 21.3. The molecule has 0 bridgehead atoms. The van der Waals surface area contributed by atoms with Gasteiger partial charge in [-0.05, 0) is 58.8 Å². The first kappa shape index (κ1) is 25.5. The Hall–Kier alpha value is -1.52. The van der Waals surface area contributed by atoms with Crippen molar-refractivity contribution in [1.82, 2.24) is 4.90 Å². The van der Waals surface area contributed by atoms with E-state index in [-0.39, 0.29) is 37.2 Å². The Morgan fingerprint density at radius 3 is 2.34 bits per heavy atom. The maximum atomic E-state index is 12.4. The van der Waals surface area contributed by atoms with Gasteiger partial charge < -0.3 is 25.0 Å². The van der Waals surface area contributed by atoms with E-state index < -0.39 is 35.9 Å². The molecule has 0 spiro atoms. The average Bonchev–Trinajstić information content (AvgIpc) is 2.79. The summed E-state index contributed by atoms with van der Waals surface area (Å²) in [5.41, 5.74) is 12.0. The smallest absolute Gasteiger partial charge is 0.457 e. The van der Waals surface area contributed by atoms with Gasteiger partial charge in [0, 0.05) is 18.0 Å². The van der Waals surface area contributed by atoms with Crippen LogP contribution in [0.4, 0.5) is 0 Å². The molecule has 10 nitrogen and oxygen atoms in total. The van der Waals surface area contributed by atoms with Crippen LogP contribution in [0.15, 0.2) is 5.11 Å². The van der Waals surface area contributed by atoms with Gasteiger partial charge in [0.2, 0.25) is 5.91 Å². The summed E-state index contributed by atoms with van der Waals surface area (Å²) in [5, 5.41) is 13.3. The molecule has 164 valence electrons. The lowest BCUT2D eigenvalue weighted by molar-refractivity contribution is -0.149. The Labute approximate surface area is 177 Å². The van der Waals surface area contributed by atoms with E-state index >= 15 is 0 Å². The Kier molecular flexibility index (Phi) is 8.01. The van der Waals surface area contributed by atoms with Crippen molar-refractivity contribution in [1.29, 1.82) is 0 Å². The molecule has 0 aromatic rings. The third-order valence-corrected chi connectivity index (χ3v) is 6.01. The van der Waals surface area contributed by atoms with Crippen LogP contribution >= 0.6 is 12.4 Å². The first-order valence-electron chi connectivity index (χ1n) is 9.53. The number of azide groups is 1. The molecule has 3 N–H and O–H groups in total. The number of carboxylic acid groups (broad SMARTS) is 1. The highest BCUT2D eigenvalue weighted by atomic mass is 35.5. The van der Waals surface area contributed by atoms with E-state index in [0.29, 0.717) is 19.3 Å². The molecule has 2 heterocycles. The minimum Gasteiger partial charge on any atom is -0.481 e. The number of carbonyl (C=O) groups is 2. The summed E-state index contributed by atoms with van der Waals surface area (Å²) in [4.78, 5) is 28.4. The molecule has 2 saturated heterocycles. The van der Waals surface area contributed by atoms with Crippen molar-refractivity contribution in [3.63, 3.8) is 0 Å². The molecule has 0 aliphatic carbocycles. The number of carboxylic acids is 1. The minimum absolute atomic E-state index is 0. The van der Waals surface area contributed by atoms with E-state index in [2.05, 4.69) is 10.0 Å². The molecule has 0 aromatic carbocycles. The zero-order valence-electron chi connectivity index (χ0n) is 17.6. The molecule has 2 fully saturated rings. The summed E-state index contributed by atoms with van der Waals surface area (Å²) in [6.45, 7) is 9.59. The highest BCUT2D eigenvalue weighted by molar-refractivity contribution is 6.45. The van der Waals surface area contributed by atoms with Crippen LogP contribution in [0.5, 0.6) is 0 Å². The third kappa shape index (κ3) is 5.35. The van der Waals surface area contributed by atoms with E-state index in [1.165, 1.54) is 4.90 Å². The van der Waals surface area contributed by atoms with Gasteiger partial charge in [0.05, 0.1) is 17.2 Å². The first-order valence-corrected chi connectivity index (χ1v) is 9.53. The SMILES string of the molecule is C[C@H](N)C(=O)N1C[C@@H](CCB2OC(C)(C)C(C)(C)O2)C[C@@](N=[N+]=[N-])(C(=O)O)C1.Cl. The zero-order valence-corrected chi connectivity index (χ0v) is 18.4. The lowest BCUT2D eigenvalue weighted by Gasteiger charge is -2.42. The number of halogens is 1. The maximum Gasteiger partial charge on any atom is 0.457 e. The van der Waals surface area contributed by atoms with Gasteiger partial charge in [-0.2, -0.15) is 0 Å². The van der Waals surface area contributed by atoms with Gasteiger partial charge in [-0.15, -0.1) is 12.4 Å². The fourth-order valence-electron chi connectivity index (χ4n) is 3.76. The molecule has 2 rings (SSSR count). The molecule has 0 unspecified atom stereocenters. The maximum absolute atomic E-state index is 12.4. The van der Waals surface area contributed by atoms with Crippen LogP contribution in [0.1, 0.15) is 47.5 Å². The summed E-state index contributed by atoms with van der Waals surface area (Å²) in [7, 11) is -0.414. The van der Waals surface area contributed by atoms with Gasteiger partial charge in [0.1, 0.15) is 0 Å². The van der Waals surface area contributed by atoms with Gasteiger partial charge >= 0.3 is 13.1 Å². The molecule has 0 saturated carbocycles. The number of amides is 1. The normalized spacial score (nSPS) is 28.8. The minimum atomic E-state index is -1.70. The van der Waals surface area contributed by atoms with Gasteiger partial charge in [0.15, 0.2) is 5.54 Å². The average molecular weight is 432 g/mol. The lowest BCUT2D eigenvalue weighted by atomic mass is 9.74. The number of likely N-dealkylation sites (tertiary alicyclic amines) is 1. The van der Waals surface area contributed by atoms with Crippen LogP contribution in [0, 0.1) is 5.92 Å². The van der Waals surface area contributed by atoms with Gasteiger partial charge in [-0.25, -0.2) is 0 Å². The second-order valence-electron chi connectivity index (χ2n) is 8.87. The van der Waals surface area contributed by atoms with Gasteiger partial charge in [0.25, 0.3) is 0 Å². The monoisotopic (exact) mass is 431 g/mol. The molecule has 1 amide bonds. The Morgan fingerprint density at radius 2 is 1.90 bits per heavy atom. The summed E-state index contributed by atoms with van der Waals surface area (Å²) < 4.78 is 12.0. The Balaban J connectivity index is 0.00000420. The first-order chi connectivity index (χ1) is 12.8. The number of aliphatic carboxylic acids is 1. The highest BCUT2D eigenvalue weighted by Gasteiger charge is 2.52. The number of nitrogens with zero attached hydrogens (tertiary/aromatic N) is 4. The number of rotatable bonds is 6. The lowest BCUT2D eigenvalue weighted by Crippen LogP contribution is -2.58. The number of piperidine rings is 1. The number of hydrogen-bond acceptors (Lipinski definition) is 6. The second-order valence-corrected chi connectivity index (χ2v) is 8.87. The number of nitrogens with two attached hydrogens (primary N) is 1. The summed E-state index contributed by atoms with van der Waals surface area (Å²) in [6.07, 6.45) is 1.26. The van der Waals surface area contributed by atoms with Crippen LogP contribution in [0.3, 0.4) is 0 Å². The summed E-state index contributed by atoms with van der Waals surface area (Å²) >= 11 is 0. The topological polar surface area (TPSA) is 151 Å². The van der Waals surface area contributed by atoms with Crippen molar-refractivity contribution in [2.75, 3.05) is 13.1 Å². The molecule has 2 aliphatic heterocycles. The van der Waals surface area contributed by atoms with Crippen LogP contribution in [-0.4, -0.2) is 64.9 Å². The second kappa shape index (κ2) is 9.10. The van der Waals surface area contributed by atoms with Crippen molar-refractivity contribution in [2.24, 2.45) is 16.8 Å². The van der Waals surface area contributed by atoms with Crippen molar-refractivity contribution in [2.45, 2.75) is 76.6 Å². The summed E-state index contributed by atoms with van der Waals surface area (Å²) in [5.74, 6) is -1.79. The Bertz CT molecular complexity index is 665. The van der Waals surface area contributed by atoms with Gasteiger partial charge in [-0.3, -0.25) is 9.59 Å². The van der Waals surface area contributed by atoms with E-state index in [1.54, 1.807) is 6.92 Å². The Morgan fingerprint density at radius 1 is 1.34 bits per heavy atom. The molecule has 29 heavy (non-hydrogen) atoms. The third-order valence-electron chi connectivity index (χ3n) is 6.01.